The maximum Gasteiger partial charge on any atom is 0.250 e. The molecule has 1 saturated heterocycles. The Labute approximate surface area is 103 Å². The predicted molar refractivity (Wildman–Crippen MR) is 65.5 cm³/mol. The van der Waals surface area contributed by atoms with Gasteiger partial charge < -0.3 is 9.64 Å². The first-order valence-corrected chi connectivity index (χ1v) is 6.64. The highest BCUT2D eigenvalue weighted by Gasteiger charge is 2.45. The summed E-state index contributed by atoms with van der Waals surface area (Å²) in [6.07, 6.45) is 2.42. The Morgan fingerprint density at radius 2 is 1.59 bits per heavy atom. The summed E-state index contributed by atoms with van der Waals surface area (Å²) < 4.78 is 31.0. The van der Waals surface area contributed by atoms with Crippen molar-refractivity contribution in [3.63, 3.8) is 0 Å². The summed E-state index contributed by atoms with van der Waals surface area (Å²) in [6.45, 7) is 6.80. The Morgan fingerprint density at radius 3 is 2.00 bits per heavy atom. The van der Waals surface area contributed by atoms with Gasteiger partial charge in [0, 0.05) is 45.0 Å². The Hall–Kier alpha value is -0.220. The molecule has 1 aliphatic carbocycles. The molecule has 102 valence electrons. The highest BCUT2D eigenvalue weighted by molar-refractivity contribution is 4.96. The molecule has 2 nitrogen and oxygen atoms in total. The van der Waals surface area contributed by atoms with E-state index in [2.05, 4.69) is 4.90 Å². The second-order valence-corrected chi connectivity index (χ2v) is 5.07. The summed E-state index contributed by atoms with van der Waals surface area (Å²) in [6, 6.07) is 0. The van der Waals surface area contributed by atoms with Gasteiger partial charge in [-0.1, -0.05) is 13.8 Å². The summed E-state index contributed by atoms with van der Waals surface area (Å²) in [5.41, 5.74) is 0.293. The van der Waals surface area contributed by atoms with Crippen LogP contribution >= 0.6 is 0 Å². The summed E-state index contributed by atoms with van der Waals surface area (Å²) >= 11 is 0. The quantitative estimate of drug-likeness (QED) is 0.759. The molecule has 2 aliphatic rings. The van der Waals surface area contributed by atoms with Crippen molar-refractivity contribution in [3.8, 4) is 0 Å². The lowest BCUT2D eigenvalue weighted by Crippen LogP contribution is -2.42. The topological polar surface area (TPSA) is 12.5 Å². The fourth-order valence-corrected chi connectivity index (χ4v) is 2.34. The minimum absolute atomic E-state index is 0.0239. The molecule has 0 amide bonds. The third-order valence-corrected chi connectivity index (χ3v) is 3.55. The van der Waals surface area contributed by atoms with E-state index in [9.17, 15) is 8.78 Å². The van der Waals surface area contributed by atoms with Crippen molar-refractivity contribution < 1.29 is 13.5 Å². The first kappa shape index (κ1) is 14.8. The molecule has 1 heterocycles. The van der Waals surface area contributed by atoms with Crippen molar-refractivity contribution in [2.24, 2.45) is 5.41 Å². The number of hydrogen-bond donors (Lipinski definition) is 0. The Kier molecular flexibility index (Phi) is 5.32. The van der Waals surface area contributed by atoms with Crippen LogP contribution in [0.1, 0.15) is 39.5 Å². The average Bonchev–Trinajstić information content (AvgIpc) is 3.05. The van der Waals surface area contributed by atoms with Crippen molar-refractivity contribution in [2.45, 2.75) is 45.5 Å². The molecule has 1 aliphatic heterocycles. The molecule has 1 saturated carbocycles. The van der Waals surface area contributed by atoms with E-state index in [1.807, 2.05) is 13.8 Å². The van der Waals surface area contributed by atoms with Crippen molar-refractivity contribution in [1.82, 2.24) is 4.90 Å². The molecule has 4 heteroatoms. The summed E-state index contributed by atoms with van der Waals surface area (Å²) in [7, 11) is 1.71. The van der Waals surface area contributed by atoms with Crippen LogP contribution in [0.5, 0.6) is 0 Å². The van der Waals surface area contributed by atoms with Gasteiger partial charge in [-0.15, -0.1) is 0 Å². The van der Waals surface area contributed by atoms with Gasteiger partial charge in [0.05, 0.1) is 6.61 Å². The van der Waals surface area contributed by atoms with Crippen LogP contribution < -0.4 is 0 Å². The second-order valence-electron chi connectivity index (χ2n) is 5.07. The van der Waals surface area contributed by atoms with E-state index < -0.39 is 5.92 Å². The van der Waals surface area contributed by atoms with E-state index in [-0.39, 0.29) is 12.8 Å². The normalized spacial score (nSPS) is 25.9. The zero-order valence-electron chi connectivity index (χ0n) is 11.3. The first-order valence-electron chi connectivity index (χ1n) is 6.64. The summed E-state index contributed by atoms with van der Waals surface area (Å²) in [4.78, 5) is 2.17. The molecule has 0 N–H and O–H groups in total. The lowest BCUT2D eigenvalue weighted by atomic mass is 10.0. The lowest BCUT2D eigenvalue weighted by Gasteiger charge is -2.34. The van der Waals surface area contributed by atoms with E-state index >= 15 is 0 Å². The van der Waals surface area contributed by atoms with Gasteiger partial charge in [0.25, 0.3) is 5.92 Å². The molecule has 2 fully saturated rings. The van der Waals surface area contributed by atoms with E-state index in [1.165, 1.54) is 12.8 Å². The summed E-state index contributed by atoms with van der Waals surface area (Å²) in [5.74, 6) is -2.42. The molecule has 0 spiro atoms. The van der Waals surface area contributed by atoms with Gasteiger partial charge in [-0.25, -0.2) is 8.78 Å². The number of alkyl halides is 2. The molecule has 0 unspecified atom stereocenters. The standard InChI is InChI=1S/C11H19F2NO.C2H6/c1-15-9-10(2-3-10)8-14-6-4-11(12,13)5-7-14;1-2/h2-9H2,1H3;1-2H3. The molecular weight excluding hydrogens is 224 g/mol. The van der Waals surface area contributed by atoms with Gasteiger partial charge in [-0.3, -0.25) is 0 Å². The third-order valence-electron chi connectivity index (χ3n) is 3.55. The molecule has 0 aromatic heterocycles. The van der Waals surface area contributed by atoms with Crippen LogP contribution in [0.4, 0.5) is 8.78 Å². The van der Waals surface area contributed by atoms with E-state index in [0.717, 1.165) is 13.2 Å². The minimum atomic E-state index is -2.42. The Morgan fingerprint density at radius 1 is 1.06 bits per heavy atom. The lowest BCUT2D eigenvalue weighted by molar-refractivity contribution is -0.0599. The van der Waals surface area contributed by atoms with E-state index in [1.54, 1.807) is 7.11 Å². The van der Waals surface area contributed by atoms with Gasteiger partial charge in [0.15, 0.2) is 0 Å². The molecular formula is C13H25F2NO. The van der Waals surface area contributed by atoms with Gasteiger partial charge in [-0.2, -0.15) is 0 Å². The van der Waals surface area contributed by atoms with Crippen LogP contribution in [0.25, 0.3) is 0 Å². The van der Waals surface area contributed by atoms with Crippen molar-refractivity contribution in [1.29, 1.82) is 0 Å². The first-order chi connectivity index (χ1) is 8.05. The van der Waals surface area contributed by atoms with Crippen LogP contribution in [0.2, 0.25) is 0 Å². The number of methoxy groups -OCH3 is 1. The van der Waals surface area contributed by atoms with Crippen molar-refractivity contribution >= 4 is 0 Å². The largest absolute Gasteiger partial charge is 0.384 e. The van der Waals surface area contributed by atoms with Crippen LogP contribution in [-0.4, -0.2) is 44.2 Å². The van der Waals surface area contributed by atoms with Gasteiger partial charge >= 0.3 is 0 Å². The van der Waals surface area contributed by atoms with Crippen LogP contribution in [0.15, 0.2) is 0 Å². The molecule has 0 bridgehead atoms. The highest BCUT2D eigenvalue weighted by atomic mass is 19.3. The fourth-order valence-electron chi connectivity index (χ4n) is 2.34. The molecule has 0 atom stereocenters. The SMILES string of the molecule is CC.COCC1(CN2CCC(F)(F)CC2)CC1. The van der Waals surface area contributed by atoms with Crippen molar-refractivity contribution in [2.75, 3.05) is 33.4 Å². The van der Waals surface area contributed by atoms with Gasteiger partial charge in [-0.05, 0) is 12.8 Å². The second kappa shape index (κ2) is 6.10. The molecule has 17 heavy (non-hydrogen) atoms. The molecule has 0 aromatic carbocycles. The molecule has 0 radical (unpaired) electrons. The number of likely N-dealkylation sites (tertiary alicyclic amines) is 1. The molecule has 2 rings (SSSR count). The number of piperidine rings is 1. The minimum Gasteiger partial charge on any atom is -0.384 e. The Balaban J connectivity index is 0.000000686. The predicted octanol–water partition coefficient (Wildman–Crippen LogP) is 3.17. The smallest absolute Gasteiger partial charge is 0.250 e. The summed E-state index contributed by atoms with van der Waals surface area (Å²) in [5, 5.41) is 0. The van der Waals surface area contributed by atoms with Gasteiger partial charge in [0.1, 0.15) is 0 Å². The van der Waals surface area contributed by atoms with Crippen LogP contribution in [0.3, 0.4) is 0 Å². The Bertz CT molecular complexity index is 219. The van der Waals surface area contributed by atoms with Gasteiger partial charge in [0.2, 0.25) is 0 Å². The van der Waals surface area contributed by atoms with E-state index in [0.29, 0.717) is 18.5 Å². The zero-order chi connectivity index (χ0) is 12.9. The maximum absolute atomic E-state index is 12.9. The average molecular weight is 249 g/mol. The number of halogens is 2. The number of nitrogens with zero attached hydrogens (tertiary/aromatic N) is 1. The van der Waals surface area contributed by atoms with Crippen molar-refractivity contribution in [3.05, 3.63) is 0 Å². The highest BCUT2D eigenvalue weighted by Crippen LogP contribution is 2.47. The van der Waals surface area contributed by atoms with Crippen LogP contribution in [-0.2, 0) is 4.74 Å². The fraction of sp³-hybridized carbons (Fsp3) is 1.00. The monoisotopic (exact) mass is 249 g/mol. The van der Waals surface area contributed by atoms with E-state index in [4.69, 9.17) is 4.74 Å². The maximum atomic E-state index is 12.9. The number of hydrogen-bond acceptors (Lipinski definition) is 2. The zero-order valence-corrected chi connectivity index (χ0v) is 11.3. The number of rotatable bonds is 4. The third kappa shape index (κ3) is 4.51. The number of ether oxygens (including phenoxy) is 1. The van der Waals surface area contributed by atoms with Crippen LogP contribution in [0, 0.1) is 5.41 Å². The molecule has 0 aromatic rings.